The number of carbonyl (C=O) groups excluding carboxylic acids is 1. The summed E-state index contributed by atoms with van der Waals surface area (Å²) in [6.07, 6.45) is 4.21. The molecule has 2 aliphatic rings. The lowest BCUT2D eigenvalue weighted by molar-refractivity contribution is -0.128. The fourth-order valence-electron chi connectivity index (χ4n) is 5.01. The van der Waals surface area contributed by atoms with Crippen LogP contribution in [0.4, 0.5) is 0 Å². The maximum atomic E-state index is 13.5. The SMILES string of the molecule is O=C(/C=C/c1ccc(OCCO)cc1)N1CCc2c([nH]c3ccccc23)C1c1ccc2c(c1)OCO2. The number of amides is 1. The molecule has 3 aromatic carbocycles. The number of rotatable bonds is 6. The van der Waals surface area contributed by atoms with Crippen LogP contribution in [0.5, 0.6) is 17.2 Å². The Morgan fingerprint density at radius 2 is 1.92 bits per heavy atom. The Morgan fingerprint density at radius 1 is 1.08 bits per heavy atom. The minimum absolute atomic E-state index is 0.0331. The molecule has 4 aromatic rings. The number of ether oxygens (including phenoxy) is 3. The second-order valence-corrected chi connectivity index (χ2v) is 8.83. The van der Waals surface area contributed by atoms with Crippen LogP contribution < -0.4 is 14.2 Å². The van der Waals surface area contributed by atoms with Crippen LogP contribution in [0.3, 0.4) is 0 Å². The van der Waals surface area contributed by atoms with Crippen LogP contribution in [0.2, 0.25) is 0 Å². The van der Waals surface area contributed by atoms with Gasteiger partial charge < -0.3 is 29.2 Å². The highest BCUT2D eigenvalue weighted by Crippen LogP contribution is 2.42. The van der Waals surface area contributed by atoms with Gasteiger partial charge in [0.1, 0.15) is 12.4 Å². The topological polar surface area (TPSA) is 84.0 Å². The smallest absolute Gasteiger partial charge is 0.247 e. The Morgan fingerprint density at radius 3 is 2.78 bits per heavy atom. The second kappa shape index (κ2) is 9.43. The summed E-state index contributed by atoms with van der Waals surface area (Å²) in [6.45, 7) is 1.02. The summed E-state index contributed by atoms with van der Waals surface area (Å²) >= 11 is 0. The highest BCUT2D eigenvalue weighted by atomic mass is 16.7. The average molecular weight is 483 g/mol. The number of aromatic nitrogens is 1. The van der Waals surface area contributed by atoms with E-state index in [0.717, 1.165) is 34.5 Å². The Bertz CT molecular complexity index is 1440. The fourth-order valence-corrected chi connectivity index (χ4v) is 5.01. The molecule has 0 saturated carbocycles. The maximum absolute atomic E-state index is 13.5. The Labute approximate surface area is 208 Å². The molecule has 0 radical (unpaired) electrons. The van der Waals surface area contributed by atoms with E-state index < -0.39 is 0 Å². The van der Waals surface area contributed by atoms with E-state index in [1.807, 2.05) is 65.6 Å². The van der Waals surface area contributed by atoms with Crippen molar-refractivity contribution in [1.82, 2.24) is 9.88 Å². The van der Waals surface area contributed by atoms with Crippen molar-refractivity contribution in [2.24, 2.45) is 0 Å². The molecule has 2 N–H and O–H groups in total. The van der Waals surface area contributed by atoms with Crippen LogP contribution in [-0.4, -0.2) is 47.4 Å². The van der Waals surface area contributed by atoms with Gasteiger partial charge in [0.15, 0.2) is 11.5 Å². The van der Waals surface area contributed by atoms with E-state index in [1.54, 1.807) is 6.08 Å². The molecule has 182 valence electrons. The van der Waals surface area contributed by atoms with Gasteiger partial charge in [-0.2, -0.15) is 0 Å². The first-order valence-electron chi connectivity index (χ1n) is 12.0. The van der Waals surface area contributed by atoms with E-state index in [9.17, 15) is 4.79 Å². The molecule has 1 atom stereocenters. The summed E-state index contributed by atoms with van der Waals surface area (Å²) in [5.74, 6) is 2.03. The molecule has 36 heavy (non-hydrogen) atoms. The lowest BCUT2D eigenvalue weighted by Gasteiger charge is -2.35. The minimum Gasteiger partial charge on any atom is -0.491 e. The molecule has 1 unspecified atom stereocenters. The summed E-state index contributed by atoms with van der Waals surface area (Å²) in [5.41, 5.74) is 5.22. The van der Waals surface area contributed by atoms with Crippen LogP contribution in [0.1, 0.15) is 28.4 Å². The van der Waals surface area contributed by atoms with Crippen molar-refractivity contribution >= 4 is 22.9 Å². The van der Waals surface area contributed by atoms with Gasteiger partial charge in [-0.3, -0.25) is 4.79 Å². The van der Waals surface area contributed by atoms with Crippen LogP contribution >= 0.6 is 0 Å². The van der Waals surface area contributed by atoms with Gasteiger partial charge in [-0.25, -0.2) is 0 Å². The zero-order valence-electron chi connectivity index (χ0n) is 19.6. The standard InChI is InChI=1S/C29H26N2O5/c32-15-16-34-21-9-5-19(6-10-21)7-12-27(33)31-14-13-23-22-3-1-2-4-24(22)30-28(23)29(31)20-8-11-25-26(17-20)36-18-35-25/h1-12,17,29-30,32H,13-16,18H2/b12-7+. The zero-order valence-corrected chi connectivity index (χ0v) is 19.6. The molecule has 0 fully saturated rings. The molecule has 0 aliphatic carbocycles. The minimum atomic E-state index is -0.276. The first kappa shape index (κ1) is 22.2. The zero-order chi connectivity index (χ0) is 24.5. The van der Waals surface area contributed by atoms with Gasteiger partial charge in [-0.15, -0.1) is 0 Å². The van der Waals surface area contributed by atoms with Gasteiger partial charge in [-0.1, -0.05) is 36.4 Å². The third kappa shape index (κ3) is 4.07. The third-order valence-corrected chi connectivity index (χ3v) is 6.69. The van der Waals surface area contributed by atoms with Gasteiger partial charge in [-0.05, 0) is 59.5 Å². The number of fused-ring (bicyclic) bond motifs is 4. The molecule has 0 saturated heterocycles. The van der Waals surface area contributed by atoms with Gasteiger partial charge in [0.05, 0.1) is 12.6 Å². The average Bonchev–Trinajstić information content (AvgIpc) is 3.54. The fraction of sp³-hybridized carbons (Fsp3) is 0.207. The normalized spacial score (nSPS) is 16.5. The number of H-pyrrole nitrogens is 1. The van der Waals surface area contributed by atoms with Crippen molar-refractivity contribution in [2.45, 2.75) is 12.5 Å². The van der Waals surface area contributed by atoms with E-state index in [-0.39, 0.29) is 32.0 Å². The molecule has 3 heterocycles. The number of hydrogen-bond donors (Lipinski definition) is 2. The molecule has 0 bridgehead atoms. The molecule has 0 spiro atoms. The first-order chi connectivity index (χ1) is 17.7. The predicted molar refractivity (Wildman–Crippen MR) is 136 cm³/mol. The number of benzene rings is 3. The Hall–Kier alpha value is -4.23. The molecular formula is C29H26N2O5. The van der Waals surface area contributed by atoms with Crippen LogP contribution in [0.15, 0.2) is 72.8 Å². The van der Waals surface area contributed by atoms with Crippen LogP contribution in [0, 0.1) is 0 Å². The summed E-state index contributed by atoms with van der Waals surface area (Å²) in [4.78, 5) is 19.0. The number of nitrogens with zero attached hydrogens (tertiary/aromatic N) is 1. The molecular weight excluding hydrogens is 456 g/mol. The van der Waals surface area contributed by atoms with E-state index in [1.165, 1.54) is 10.9 Å². The van der Waals surface area contributed by atoms with E-state index in [2.05, 4.69) is 17.1 Å². The monoisotopic (exact) mass is 482 g/mol. The Balaban J connectivity index is 1.33. The lowest BCUT2D eigenvalue weighted by Crippen LogP contribution is -2.39. The van der Waals surface area contributed by atoms with Crippen molar-refractivity contribution in [3.8, 4) is 17.2 Å². The molecule has 7 nitrogen and oxygen atoms in total. The third-order valence-electron chi connectivity index (χ3n) is 6.69. The lowest BCUT2D eigenvalue weighted by atomic mass is 9.92. The van der Waals surface area contributed by atoms with E-state index >= 15 is 0 Å². The number of hydrogen-bond acceptors (Lipinski definition) is 5. The predicted octanol–water partition coefficient (Wildman–Crippen LogP) is 4.46. The van der Waals surface area contributed by atoms with Gasteiger partial charge in [0.2, 0.25) is 12.7 Å². The second-order valence-electron chi connectivity index (χ2n) is 8.83. The van der Waals surface area contributed by atoms with Crippen molar-refractivity contribution in [3.05, 3.63) is 95.2 Å². The number of aliphatic hydroxyl groups is 1. The summed E-state index contributed by atoms with van der Waals surface area (Å²) in [5, 5.41) is 10.1. The molecule has 2 aliphatic heterocycles. The number of para-hydroxylation sites is 1. The first-order valence-corrected chi connectivity index (χ1v) is 12.0. The van der Waals surface area contributed by atoms with Gasteiger partial charge >= 0.3 is 0 Å². The van der Waals surface area contributed by atoms with Crippen LogP contribution in [-0.2, 0) is 11.2 Å². The van der Waals surface area contributed by atoms with Crippen molar-refractivity contribution in [2.75, 3.05) is 26.6 Å². The number of carbonyl (C=O) groups is 1. The number of aliphatic hydroxyl groups excluding tert-OH is 1. The van der Waals surface area contributed by atoms with Gasteiger partial charge in [0.25, 0.3) is 0 Å². The van der Waals surface area contributed by atoms with Crippen LogP contribution in [0.25, 0.3) is 17.0 Å². The van der Waals surface area contributed by atoms with Crippen molar-refractivity contribution < 1.29 is 24.1 Å². The highest BCUT2D eigenvalue weighted by molar-refractivity contribution is 5.93. The van der Waals surface area contributed by atoms with Crippen molar-refractivity contribution in [3.63, 3.8) is 0 Å². The summed E-state index contributed by atoms with van der Waals surface area (Å²) in [6, 6.07) is 21.3. The largest absolute Gasteiger partial charge is 0.491 e. The summed E-state index contributed by atoms with van der Waals surface area (Å²) in [7, 11) is 0. The quantitative estimate of drug-likeness (QED) is 0.397. The van der Waals surface area contributed by atoms with E-state index in [0.29, 0.717) is 18.0 Å². The number of nitrogens with one attached hydrogen (secondary N) is 1. The molecule has 7 heteroatoms. The maximum Gasteiger partial charge on any atom is 0.247 e. The number of aromatic amines is 1. The summed E-state index contributed by atoms with van der Waals surface area (Å²) < 4.78 is 16.6. The van der Waals surface area contributed by atoms with E-state index in [4.69, 9.17) is 19.3 Å². The molecule has 1 amide bonds. The Kier molecular flexibility index (Phi) is 5.83. The van der Waals surface area contributed by atoms with Gasteiger partial charge in [0, 0.05) is 29.2 Å². The highest BCUT2D eigenvalue weighted by Gasteiger charge is 2.34. The van der Waals surface area contributed by atoms with Crippen molar-refractivity contribution in [1.29, 1.82) is 0 Å². The molecule has 1 aromatic heterocycles. The molecule has 6 rings (SSSR count).